The molecule has 0 spiro atoms. The predicted molar refractivity (Wildman–Crippen MR) is 112 cm³/mol. The largest absolute Gasteiger partial charge is 0.478 e. The van der Waals surface area contributed by atoms with E-state index in [-0.39, 0.29) is 5.54 Å². The van der Waals surface area contributed by atoms with Gasteiger partial charge in [-0.1, -0.05) is 19.1 Å². The van der Waals surface area contributed by atoms with E-state index in [1.54, 1.807) is 19.1 Å². The highest BCUT2D eigenvalue weighted by molar-refractivity contribution is 5.92. The van der Waals surface area contributed by atoms with Gasteiger partial charge in [-0.25, -0.2) is 4.79 Å². The van der Waals surface area contributed by atoms with Crippen LogP contribution in [0.5, 0.6) is 0 Å². The van der Waals surface area contributed by atoms with E-state index in [1.165, 1.54) is 11.3 Å². The normalized spacial score (nSPS) is 18.6. The standard InChI is InChI=1S/C23H28N2O2/c1-6-25-21-11-10-17(12-19(21)15(2)13-23(25,4)5)14-24-20-9-7-8-18(16(20)3)22(26)27/h7-12,14-15H,6,13H2,1-5H3,(H,26,27). The Hall–Kier alpha value is -2.62. The third kappa shape index (κ3) is 3.61. The minimum Gasteiger partial charge on any atom is -0.478 e. The van der Waals surface area contributed by atoms with Gasteiger partial charge in [0.05, 0.1) is 11.3 Å². The Morgan fingerprint density at radius 3 is 2.74 bits per heavy atom. The Labute approximate surface area is 161 Å². The highest BCUT2D eigenvalue weighted by Crippen LogP contribution is 2.43. The first-order chi connectivity index (χ1) is 12.7. The SMILES string of the molecule is CCN1c2ccc(C=Nc3cccc(C(=O)O)c3C)cc2C(C)CC1(C)C. The molecule has 2 aromatic carbocycles. The van der Waals surface area contributed by atoms with Crippen molar-refractivity contribution in [3.05, 3.63) is 58.7 Å². The van der Waals surface area contributed by atoms with E-state index in [1.807, 2.05) is 12.3 Å². The van der Waals surface area contributed by atoms with Crippen molar-refractivity contribution in [2.75, 3.05) is 11.4 Å². The summed E-state index contributed by atoms with van der Waals surface area (Å²) in [6.45, 7) is 11.9. The lowest BCUT2D eigenvalue weighted by Gasteiger charge is -2.47. The molecule has 4 heteroatoms. The average Bonchev–Trinajstić information content (AvgIpc) is 2.60. The van der Waals surface area contributed by atoms with Crippen molar-refractivity contribution in [1.29, 1.82) is 0 Å². The summed E-state index contributed by atoms with van der Waals surface area (Å²) < 4.78 is 0. The summed E-state index contributed by atoms with van der Waals surface area (Å²) in [6.07, 6.45) is 2.95. The number of hydrogen-bond acceptors (Lipinski definition) is 3. The summed E-state index contributed by atoms with van der Waals surface area (Å²) in [7, 11) is 0. The van der Waals surface area contributed by atoms with Crippen LogP contribution in [0.3, 0.4) is 0 Å². The first-order valence-electron chi connectivity index (χ1n) is 9.53. The lowest BCUT2D eigenvalue weighted by atomic mass is 9.79. The van der Waals surface area contributed by atoms with Gasteiger partial charge in [0.1, 0.15) is 0 Å². The maximum Gasteiger partial charge on any atom is 0.336 e. The summed E-state index contributed by atoms with van der Waals surface area (Å²) in [6, 6.07) is 11.7. The number of benzene rings is 2. The Kier molecular flexibility index (Phi) is 5.09. The van der Waals surface area contributed by atoms with Gasteiger partial charge in [-0.15, -0.1) is 0 Å². The van der Waals surface area contributed by atoms with E-state index < -0.39 is 5.97 Å². The molecule has 1 aliphatic rings. The quantitative estimate of drug-likeness (QED) is 0.723. The Morgan fingerprint density at radius 2 is 2.07 bits per heavy atom. The molecule has 1 aliphatic heterocycles. The monoisotopic (exact) mass is 364 g/mol. The third-order valence-corrected chi connectivity index (χ3v) is 5.61. The number of rotatable bonds is 4. The molecular formula is C23H28N2O2. The van der Waals surface area contributed by atoms with Crippen molar-refractivity contribution in [3.63, 3.8) is 0 Å². The van der Waals surface area contributed by atoms with E-state index >= 15 is 0 Å². The second-order valence-electron chi connectivity index (χ2n) is 7.99. The number of carboxylic acids is 1. The van der Waals surface area contributed by atoms with Gasteiger partial charge < -0.3 is 10.0 Å². The molecule has 1 atom stereocenters. The van der Waals surface area contributed by atoms with Crippen LogP contribution in [0.25, 0.3) is 0 Å². The number of carboxylic acid groups (broad SMARTS) is 1. The minimum absolute atomic E-state index is 0.158. The van der Waals surface area contributed by atoms with Gasteiger partial charge in [0.15, 0.2) is 0 Å². The van der Waals surface area contributed by atoms with E-state index in [2.05, 4.69) is 55.8 Å². The molecule has 27 heavy (non-hydrogen) atoms. The Bertz CT molecular complexity index is 899. The average molecular weight is 364 g/mol. The third-order valence-electron chi connectivity index (χ3n) is 5.61. The highest BCUT2D eigenvalue weighted by Gasteiger charge is 2.35. The van der Waals surface area contributed by atoms with E-state index in [0.29, 0.717) is 22.7 Å². The number of hydrogen-bond donors (Lipinski definition) is 1. The molecule has 0 saturated heterocycles. The van der Waals surface area contributed by atoms with Crippen LogP contribution < -0.4 is 4.90 Å². The fourth-order valence-electron chi connectivity index (χ4n) is 4.33. The molecule has 1 N–H and O–H groups in total. The molecular weight excluding hydrogens is 336 g/mol. The van der Waals surface area contributed by atoms with Crippen molar-refractivity contribution in [2.45, 2.75) is 52.5 Å². The minimum atomic E-state index is -0.922. The predicted octanol–water partition coefficient (Wildman–Crippen LogP) is 5.56. The molecule has 0 bridgehead atoms. The van der Waals surface area contributed by atoms with Crippen molar-refractivity contribution in [3.8, 4) is 0 Å². The lowest BCUT2D eigenvalue weighted by molar-refractivity contribution is 0.0696. The second kappa shape index (κ2) is 7.18. The van der Waals surface area contributed by atoms with Crippen LogP contribution in [-0.2, 0) is 0 Å². The van der Waals surface area contributed by atoms with Crippen molar-refractivity contribution in [2.24, 2.45) is 4.99 Å². The van der Waals surface area contributed by atoms with E-state index in [0.717, 1.165) is 18.5 Å². The summed E-state index contributed by atoms with van der Waals surface area (Å²) in [5.74, 6) is -0.433. The van der Waals surface area contributed by atoms with E-state index in [4.69, 9.17) is 0 Å². The summed E-state index contributed by atoms with van der Waals surface area (Å²) in [4.78, 5) is 18.3. The summed E-state index contributed by atoms with van der Waals surface area (Å²) in [5.41, 5.74) is 5.54. The van der Waals surface area contributed by atoms with Gasteiger partial charge in [-0.3, -0.25) is 4.99 Å². The van der Waals surface area contributed by atoms with Gasteiger partial charge >= 0.3 is 5.97 Å². The van der Waals surface area contributed by atoms with Crippen molar-refractivity contribution < 1.29 is 9.90 Å². The first-order valence-corrected chi connectivity index (χ1v) is 9.53. The number of anilines is 1. The van der Waals surface area contributed by atoms with Crippen LogP contribution >= 0.6 is 0 Å². The van der Waals surface area contributed by atoms with Gasteiger partial charge in [0.25, 0.3) is 0 Å². The summed E-state index contributed by atoms with van der Waals surface area (Å²) >= 11 is 0. The van der Waals surface area contributed by atoms with Crippen LogP contribution in [0.15, 0.2) is 41.4 Å². The molecule has 0 amide bonds. The number of nitrogens with zero attached hydrogens (tertiary/aromatic N) is 2. The van der Waals surface area contributed by atoms with Gasteiger partial charge in [0, 0.05) is 24.0 Å². The van der Waals surface area contributed by atoms with Crippen LogP contribution in [-0.4, -0.2) is 29.4 Å². The van der Waals surface area contributed by atoms with Crippen LogP contribution in [0, 0.1) is 6.92 Å². The topological polar surface area (TPSA) is 52.9 Å². The second-order valence-corrected chi connectivity index (χ2v) is 7.99. The zero-order chi connectivity index (χ0) is 19.8. The maximum absolute atomic E-state index is 11.3. The number of aromatic carboxylic acids is 1. The van der Waals surface area contributed by atoms with Crippen LogP contribution in [0.2, 0.25) is 0 Å². The molecule has 1 heterocycles. The first kappa shape index (κ1) is 19.2. The Balaban J connectivity index is 1.95. The van der Waals surface area contributed by atoms with Crippen molar-refractivity contribution in [1.82, 2.24) is 0 Å². The molecule has 0 saturated carbocycles. The molecule has 4 nitrogen and oxygen atoms in total. The number of carbonyl (C=O) groups is 1. The molecule has 3 rings (SSSR count). The molecule has 1 unspecified atom stereocenters. The molecule has 0 aromatic heterocycles. The smallest absolute Gasteiger partial charge is 0.336 e. The van der Waals surface area contributed by atoms with Gasteiger partial charge in [0.2, 0.25) is 0 Å². The van der Waals surface area contributed by atoms with Gasteiger partial charge in [-0.05, 0) is 81.0 Å². The van der Waals surface area contributed by atoms with Gasteiger partial charge in [-0.2, -0.15) is 0 Å². The number of aliphatic imine (C=N–C) groups is 1. The van der Waals surface area contributed by atoms with Crippen molar-refractivity contribution >= 4 is 23.6 Å². The zero-order valence-corrected chi connectivity index (χ0v) is 16.8. The zero-order valence-electron chi connectivity index (χ0n) is 16.8. The summed E-state index contributed by atoms with van der Waals surface area (Å²) in [5, 5.41) is 9.27. The molecule has 0 aliphatic carbocycles. The van der Waals surface area contributed by atoms with E-state index in [9.17, 15) is 9.90 Å². The highest BCUT2D eigenvalue weighted by atomic mass is 16.4. The maximum atomic E-state index is 11.3. The molecule has 142 valence electrons. The fourth-order valence-corrected chi connectivity index (χ4v) is 4.33. The molecule has 2 aromatic rings. The van der Waals surface area contributed by atoms with Crippen LogP contribution in [0.1, 0.15) is 67.1 Å². The molecule has 0 fully saturated rings. The number of fused-ring (bicyclic) bond motifs is 1. The molecule has 0 radical (unpaired) electrons. The lowest BCUT2D eigenvalue weighted by Crippen LogP contribution is -2.48. The van der Waals surface area contributed by atoms with Crippen LogP contribution in [0.4, 0.5) is 11.4 Å². The fraction of sp³-hybridized carbons (Fsp3) is 0.391. The Morgan fingerprint density at radius 1 is 1.33 bits per heavy atom.